The van der Waals surface area contributed by atoms with Gasteiger partial charge < -0.3 is 10.0 Å². The molecular formula is C16H17FN4O3. The Balaban J connectivity index is 1.68. The van der Waals surface area contributed by atoms with Gasteiger partial charge >= 0.3 is 5.97 Å². The first-order valence-electron chi connectivity index (χ1n) is 7.69. The first-order chi connectivity index (χ1) is 11.5. The van der Waals surface area contributed by atoms with E-state index in [2.05, 4.69) is 10.3 Å². The molecule has 8 heteroatoms. The minimum atomic E-state index is -0.887. The summed E-state index contributed by atoms with van der Waals surface area (Å²) in [7, 11) is 0. The number of amides is 1. The van der Waals surface area contributed by atoms with E-state index in [1.54, 1.807) is 12.1 Å². The number of hydrogen-bond donors (Lipinski definition) is 1. The minimum absolute atomic E-state index is 0.164. The zero-order valence-corrected chi connectivity index (χ0v) is 12.9. The second-order valence-electron chi connectivity index (χ2n) is 5.86. The number of rotatable bonds is 4. The number of carbonyl (C=O) groups is 2. The summed E-state index contributed by atoms with van der Waals surface area (Å²) in [5, 5.41) is 16.9. The molecule has 0 radical (unpaired) electrons. The highest BCUT2D eigenvalue weighted by Gasteiger charge is 2.29. The molecule has 2 aromatic rings. The lowest BCUT2D eigenvalue weighted by Crippen LogP contribution is -2.42. The molecule has 126 valence electrons. The SMILES string of the molecule is O=C(O)[C@@H]1CCCN(C(=O)c2cn(Cc3cccc(F)c3)nn2)C1. The summed E-state index contributed by atoms with van der Waals surface area (Å²) in [6, 6.07) is 6.11. The van der Waals surface area contributed by atoms with Crippen molar-refractivity contribution in [3.63, 3.8) is 0 Å². The molecule has 1 N–H and O–H groups in total. The summed E-state index contributed by atoms with van der Waals surface area (Å²) in [5.41, 5.74) is 0.875. The maximum Gasteiger partial charge on any atom is 0.308 e. The number of piperidine rings is 1. The van der Waals surface area contributed by atoms with E-state index in [0.29, 0.717) is 31.5 Å². The fraction of sp³-hybridized carbons (Fsp3) is 0.375. The Labute approximate surface area is 137 Å². The highest BCUT2D eigenvalue weighted by atomic mass is 19.1. The molecule has 1 aromatic heterocycles. The van der Waals surface area contributed by atoms with Crippen LogP contribution in [0.5, 0.6) is 0 Å². The summed E-state index contributed by atoms with van der Waals surface area (Å²) < 4.78 is 14.7. The fourth-order valence-corrected chi connectivity index (χ4v) is 2.82. The van der Waals surface area contributed by atoms with E-state index in [-0.39, 0.29) is 24.0 Å². The van der Waals surface area contributed by atoms with E-state index in [9.17, 15) is 14.0 Å². The lowest BCUT2D eigenvalue weighted by atomic mass is 9.98. The van der Waals surface area contributed by atoms with Crippen LogP contribution in [0.1, 0.15) is 28.9 Å². The number of benzene rings is 1. The largest absolute Gasteiger partial charge is 0.481 e. The Morgan fingerprint density at radius 3 is 2.96 bits per heavy atom. The van der Waals surface area contributed by atoms with Gasteiger partial charge in [0.05, 0.1) is 18.7 Å². The molecule has 2 heterocycles. The summed E-state index contributed by atoms with van der Waals surface area (Å²) in [6.45, 7) is 1.00. The Bertz CT molecular complexity index is 761. The van der Waals surface area contributed by atoms with E-state index in [1.807, 2.05) is 0 Å². The van der Waals surface area contributed by atoms with Crippen molar-refractivity contribution in [1.82, 2.24) is 19.9 Å². The van der Waals surface area contributed by atoms with Crippen molar-refractivity contribution >= 4 is 11.9 Å². The summed E-state index contributed by atoms with van der Waals surface area (Å²) in [6.07, 6.45) is 2.73. The van der Waals surface area contributed by atoms with Crippen molar-refractivity contribution in [2.24, 2.45) is 5.92 Å². The van der Waals surface area contributed by atoms with Crippen LogP contribution in [0.2, 0.25) is 0 Å². The molecule has 1 aliphatic rings. The van der Waals surface area contributed by atoms with Gasteiger partial charge in [-0.25, -0.2) is 9.07 Å². The van der Waals surface area contributed by atoms with Crippen LogP contribution in [0, 0.1) is 11.7 Å². The predicted octanol–water partition coefficient (Wildman–Crippen LogP) is 1.40. The molecule has 0 aliphatic carbocycles. The third kappa shape index (κ3) is 3.58. The lowest BCUT2D eigenvalue weighted by molar-refractivity contribution is -0.143. The highest BCUT2D eigenvalue weighted by Crippen LogP contribution is 2.18. The maximum atomic E-state index is 13.2. The molecule has 1 saturated heterocycles. The Morgan fingerprint density at radius 2 is 2.21 bits per heavy atom. The first-order valence-corrected chi connectivity index (χ1v) is 7.69. The Morgan fingerprint density at radius 1 is 1.38 bits per heavy atom. The van der Waals surface area contributed by atoms with Gasteiger partial charge in [0, 0.05) is 13.1 Å². The van der Waals surface area contributed by atoms with Crippen LogP contribution in [-0.2, 0) is 11.3 Å². The fourth-order valence-electron chi connectivity index (χ4n) is 2.82. The summed E-state index contributed by atoms with van der Waals surface area (Å²) in [4.78, 5) is 25.0. The number of carboxylic acids is 1. The molecule has 1 amide bonds. The number of likely N-dealkylation sites (tertiary alicyclic amines) is 1. The van der Waals surface area contributed by atoms with E-state index >= 15 is 0 Å². The van der Waals surface area contributed by atoms with E-state index in [0.717, 1.165) is 0 Å². The van der Waals surface area contributed by atoms with Crippen LogP contribution in [-0.4, -0.2) is 50.0 Å². The maximum absolute atomic E-state index is 13.2. The molecule has 0 saturated carbocycles. The van der Waals surface area contributed by atoms with Crippen LogP contribution in [0.25, 0.3) is 0 Å². The average Bonchev–Trinajstić information content (AvgIpc) is 3.02. The van der Waals surface area contributed by atoms with Gasteiger partial charge in [0.15, 0.2) is 5.69 Å². The normalized spacial score (nSPS) is 17.7. The van der Waals surface area contributed by atoms with Gasteiger partial charge in [0.2, 0.25) is 0 Å². The quantitative estimate of drug-likeness (QED) is 0.914. The van der Waals surface area contributed by atoms with Crippen LogP contribution in [0.15, 0.2) is 30.5 Å². The Kier molecular flexibility index (Phi) is 4.54. The van der Waals surface area contributed by atoms with Crippen molar-refractivity contribution in [1.29, 1.82) is 0 Å². The van der Waals surface area contributed by atoms with E-state index in [1.165, 1.54) is 27.9 Å². The topological polar surface area (TPSA) is 88.3 Å². The molecule has 24 heavy (non-hydrogen) atoms. The van der Waals surface area contributed by atoms with Gasteiger partial charge in [0.1, 0.15) is 5.82 Å². The van der Waals surface area contributed by atoms with Crippen LogP contribution in [0.3, 0.4) is 0 Å². The smallest absolute Gasteiger partial charge is 0.308 e. The third-order valence-corrected chi connectivity index (χ3v) is 4.05. The average molecular weight is 332 g/mol. The number of carbonyl (C=O) groups excluding carboxylic acids is 1. The monoisotopic (exact) mass is 332 g/mol. The molecule has 3 rings (SSSR count). The van der Waals surface area contributed by atoms with Gasteiger partial charge in [-0.2, -0.15) is 0 Å². The summed E-state index contributed by atoms with van der Waals surface area (Å²) in [5.74, 6) is -2.09. The standard InChI is InChI=1S/C16H17FN4O3/c17-13-5-1-3-11(7-13)8-21-10-14(18-19-21)15(22)20-6-2-4-12(9-20)16(23)24/h1,3,5,7,10,12H,2,4,6,8-9H2,(H,23,24)/t12-/m1/s1. The second kappa shape index (κ2) is 6.77. The van der Waals surface area contributed by atoms with Gasteiger partial charge in [-0.3, -0.25) is 9.59 Å². The second-order valence-corrected chi connectivity index (χ2v) is 5.86. The number of aliphatic carboxylic acids is 1. The van der Waals surface area contributed by atoms with Crippen molar-refractivity contribution in [3.8, 4) is 0 Å². The zero-order valence-electron chi connectivity index (χ0n) is 12.9. The number of aromatic nitrogens is 3. The lowest BCUT2D eigenvalue weighted by Gasteiger charge is -2.29. The molecule has 0 spiro atoms. The molecule has 1 atom stereocenters. The van der Waals surface area contributed by atoms with Crippen LogP contribution >= 0.6 is 0 Å². The molecule has 1 aromatic carbocycles. The van der Waals surface area contributed by atoms with Crippen LogP contribution < -0.4 is 0 Å². The van der Waals surface area contributed by atoms with Crippen LogP contribution in [0.4, 0.5) is 4.39 Å². The molecule has 1 aliphatic heterocycles. The van der Waals surface area contributed by atoms with Gasteiger partial charge in [-0.15, -0.1) is 5.10 Å². The molecule has 0 unspecified atom stereocenters. The van der Waals surface area contributed by atoms with Crippen molar-refractivity contribution in [2.75, 3.05) is 13.1 Å². The van der Waals surface area contributed by atoms with E-state index in [4.69, 9.17) is 5.11 Å². The summed E-state index contributed by atoms with van der Waals surface area (Å²) >= 11 is 0. The number of carboxylic acid groups (broad SMARTS) is 1. The molecular weight excluding hydrogens is 315 g/mol. The number of halogens is 1. The highest BCUT2D eigenvalue weighted by molar-refractivity contribution is 5.92. The zero-order chi connectivity index (χ0) is 17.1. The number of nitrogens with zero attached hydrogens (tertiary/aromatic N) is 4. The minimum Gasteiger partial charge on any atom is -0.481 e. The molecule has 7 nitrogen and oxygen atoms in total. The van der Waals surface area contributed by atoms with Gasteiger partial charge in [-0.1, -0.05) is 17.3 Å². The van der Waals surface area contributed by atoms with E-state index < -0.39 is 11.9 Å². The van der Waals surface area contributed by atoms with Gasteiger partial charge in [0.25, 0.3) is 5.91 Å². The number of hydrogen-bond acceptors (Lipinski definition) is 4. The Hall–Kier alpha value is -2.77. The predicted molar refractivity (Wildman–Crippen MR) is 81.8 cm³/mol. The molecule has 1 fully saturated rings. The van der Waals surface area contributed by atoms with Crippen molar-refractivity contribution in [2.45, 2.75) is 19.4 Å². The third-order valence-electron chi connectivity index (χ3n) is 4.05. The van der Waals surface area contributed by atoms with Crippen molar-refractivity contribution in [3.05, 3.63) is 47.5 Å². The van der Waals surface area contributed by atoms with Gasteiger partial charge in [-0.05, 0) is 30.5 Å². The van der Waals surface area contributed by atoms with Crippen molar-refractivity contribution < 1.29 is 19.1 Å². The first kappa shape index (κ1) is 16.1. The molecule has 0 bridgehead atoms.